The largest absolute Gasteiger partial charge is 0.339 e. The van der Waals surface area contributed by atoms with Crippen LogP contribution in [-0.4, -0.2) is 35.4 Å². The van der Waals surface area contributed by atoms with Gasteiger partial charge in [0.25, 0.3) is 5.91 Å². The molecule has 114 valence electrons. The Balaban J connectivity index is 2.86. The SMILES string of the molecule is CCCCN(CCCC)C(=O)c1cncc(C#CCN)c1. The van der Waals surface area contributed by atoms with Gasteiger partial charge in [0, 0.05) is 31.0 Å². The van der Waals surface area contributed by atoms with Crippen molar-refractivity contribution in [2.45, 2.75) is 39.5 Å². The summed E-state index contributed by atoms with van der Waals surface area (Å²) in [4.78, 5) is 18.6. The fourth-order valence-electron chi connectivity index (χ4n) is 1.97. The number of carbonyl (C=O) groups is 1. The first-order chi connectivity index (χ1) is 10.2. The van der Waals surface area contributed by atoms with E-state index in [4.69, 9.17) is 5.73 Å². The first kappa shape index (κ1) is 17.2. The Hall–Kier alpha value is -1.86. The molecule has 0 spiro atoms. The van der Waals surface area contributed by atoms with E-state index >= 15 is 0 Å². The lowest BCUT2D eigenvalue weighted by Crippen LogP contribution is -2.33. The summed E-state index contributed by atoms with van der Waals surface area (Å²) in [6, 6.07) is 1.79. The third-order valence-electron chi connectivity index (χ3n) is 3.17. The minimum atomic E-state index is 0.0424. The highest BCUT2D eigenvalue weighted by Gasteiger charge is 2.15. The number of aromatic nitrogens is 1. The molecule has 1 aromatic rings. The molecule has 0 aliphatic heterocycles. The molecule has 0 aliphatic rings. The van der Waals surface area contributed by atoms with E-state index in [1.54, 1.807) is 18.5 Å². The van der Waals surface area contributed by atoms with Crippen molar-refractivity contribution in [3.05, 3.63) is 29.6 Å². The van der Waals surface area contributed by atoms with Crippen LogP contribution in [0.5, 0.6) is 0 Å². The van der Waals surface area contributed by atoms with Gasteiger partial charge in [0.2, 0.25) is 0 Å². The van der Waals surface area contributed by atoms with Gasteiger partial charge in [0.15, 0.2) is 0 Å². The monoisotopic (exact) mass is 287 g/mol. The predicted octanol–water partition coefficient (Wildman–Crippen LogP) is 2.43. The quantitative estimate of drug-likeness (QED) is 0.784. The Morgan fingerprint density at radius 2 is 1.90 bits per heavy atom. The van der Waals surface area contributed by atoms with Crippen LogP contribution in [0.25, 0.3) is 0 Å². The number of pyridine rings is 1. The smallest absolute Gasteiger partial charge is 0.255 e. The highest BCUT2D eigenvalue weighted by Crippen LogP contribution is 2.09. The van der Waals surface area contributed by atoms with Crippen LogP contribution in [0.15, 0.2) is 18.5 Å². The zero-order chi connectivity index (χ0) is 15.5. The second-order valence-electron chi connectivity index (χ2n) is 4.97. The average molecular weight is 287 g/mol. The summed E-state index contributed by atoms with van der Waals surface area (Å²) in [5, 5.41) is 0. The van der Waals surface area contributed by atoms with Gasteiger partial charge < -0.3 is 10.6 Å². The van der Waals surface area contributed by atoms with E-state index in [-0.39, 0.29) is 5.91 Å². The third-order valence-corrected chi connectivity index (χ3v) is 3.17. The summed E-state index contributed by atoms with van der Waals surface area (Å²) >= 11 is 0. The number of amides is 1. The third kappa shape index (κ3) is 5.97. The molecule has 4 nitrogen and oxygen atoms in total. The molecule has 0 saturated heterocycles. The summed E-state index contributed by atoms with van der Waals surface area (Å²) in [5.41, 5.74) is 6.70. The van der Waals surface area contributed by atoms with Crippen LogP contribution in [-0.2, 0) is 0 Å². The number of rotatable bonds is 7. The summed E-state index contributed by atoms with van der Waals surface area (Å²) in [6.45, 7) is 6.17. The Kier molecular flexibility index (Phi) is 8.15. The molecule has 0 saturated carbocycles. The molecule has 1 amide bonds. The van der Waals surface area contributed by atoms with Crippen molar-refractivity contribution in [3.63, 3.8) is 0 Å². The van der Waals surface area contributed by atoms with Crippen LogP contribution in [0.3, 0.4) is 0 Å². The van der Waals surface area contributed by atoms with E-state index in [0.29, 0.717) is 12.1 Å². The first-order valence-corrected chi connectivity index (χ1v) is 7.66. The van der Waals surface area contributed by atoms with E-state index in [0.717, 1.165) is 44.3 Å². The van der Waals surface area contributed by atoms with E-state index in [1.807, 2.05) is 4.90 Å². The molecule has 2 N–H and O–H groups in total. The van der Waals surface area contributed by atoms with Crippen LogP contribution in [0.4, 0.5) is 0 Å². The molecule has 0 radical (unpaired) electrons. The van der Waals surface area contributed by atoms with Gasteiger partial charge in [-0.05, 0) is 18.9 Å². The Bertz CT molecular complexity index is 494. The van der Waals surface area contributed by atoms with Gasteiger partial charge in [-0.1, -0.05) is 38.5 Å². The molecular weight excluding hydrogens is 262 g/mol. The highest BCUT2D eigenvalue weighted by atomic mass is 16.2. The van der Waals surface area contributed by atoms with E-state index in [9.17, 15) is 4.79 Å². The van der Waals surface area contributed by atoms with Gasteiger partial charge in [-0.25, -0.2) is 0 Å². The normalized spacial score (nSPS) is 9.86. The van der Waals surface area contributed by atoms with Gasteiger partial charge in [-0.15, -0.1) is 0 Å². The molecule has 1 heterocycles. The molecule has 0 aliphatic carbocycles. The second kappa shape index (κ2) is 9.95. The molecule has 0 atom stereocenters. The molecule has 4 heteroatoms. The standard InChI is InChI=1S/C17H25N3O/c1-3-5-10-20(11-6-4-2)17(21)16-12-15(8-7-9-18)13-19-14-16/h12-14H,3-6,9-11,18H2,1-2H3. The maximum atomic E-state index is 12.6. The molecule has 0 fully saturated rings. The Morgan fingerprint density at radius 3 is 2.48 bits per heavy atom. The van der Waals surface area contributed by atoms with Crippen LogP contribution >= 0.6 is 0 Å². The van der Waals surface area contributed by atoms with Gasteiger partial charge in [0.05, 0.1) is 12.1 Å². The molecule has 1 aromatic heterocycles. The minimum Gasteiger partial charge on any atom is -0.339 e. The van der Waals surface area contributed by atoms with Crippen molar-refractivity contribution in [1.82, 2.24) is 9.88 Å². The van der Waals surface area contributed by atoms with Gasteiger partial charge in [0.1, 0.15) is 0 Å². The van der Waals surface area contributed by atoms with Crippen molar-refractivity contribution < 1.29 is 4.79 Å². The summed E-state index contributed by atoms with van der Waals surface area (Å²) < 4.78 is 0. The maximum Gasteiger partial charge on any atom is 0.255 e. The molecule has 1 rings (SSSR count). The van der Waals surface area contributed by atoms with Crippen molar-refractivity contribution >= 4 is 5.91 Å². The second-order valence-corrected chi connectivity index (χ2v) is 4.97. The fraction of sp³-hybridized carbons (Fsp3) is 0.529. The fourth-order valence-corrected chi connectivity index (χ4v) is 1.97. The van der Waals surface area contributed by atoms with Crippen LogP contribution < -0.4 is 5.73 Å². The van der Waals surface area contributed by atoms with Gasteiger partial charge >= 0.3 is 0 Å². The number of hydrogen-bond acceptors (Lipinski definition) is 3. The number of carbonyl (C=O) groups excluding carboxylic acids is 1. The molecule has 0 bridgehead atoms. The molecule has 21 heavy (non-hydrogen) atoms. The number of unbranched alkanes of at least 4 members (excludes halogenated alkanes) is 2. The highest BCUT2D eigenvalue weighted by molar-refractivity contribution is 5.94. The van der Waals surface area contributed by atoms with E-state index in [1.165, 1.54) is 0 Å². The van der Waals surface area contributed by atoms with Crippen LogP contribution in [0.1, 0.15) is 55.5 Å². The van der Waals surface area contributed by atoms with Crippen molar-refractivity contribution in [2.24, 2.45) is 5.73 Å². The lowest BCUT2D eigenvalue weighted by molar-refractivity contribution is 0.0750. The van der Waals surface area contributed by atoms with Gasteiger partial charge in [-0.2, -0.15) is 0 Å². The molecule has 0 unspecified atom stereocenters. The van der Waals surface area contributed by atoms with Crippen LogP contribution in [0, 0.1) is 11.8 Å². The summed E-state index contributed by atoms with van der Waals surface area (Å²) in [5.74, 6) is 5.74. The van der Waals surface area contributed by atoms with Crippen molar-refractivity contribution in [3.8, 4) is 11.8 Å². The predicted molar refractivity (Wildman–Crippen MR) is 85.9 cm³/mol. The Labute approximate surface area is 127 Å². The van der Waals surface area contributed by atoms with Gasteiger partial charge in [-0.3, -0.25) is 9.78 Å². The average Bonchev–Trinajstić information content (AvgIpc) is 2.53. The number of nitrogens with two attached hydrogens (primary N) is 1. The zero-order valence-corrected chi connectivity index (χ0v) is 13.1. The first-order valence-electron chi connectivity index (χ1n) is 7.66. The minimum absolute atomic E-state index is 0.0424. The van der Waals surface area contributed by atoms with Crippen molar-refractivity contribution in [1.29, 1.82) is 0 Å². The molecular formula is C17H25N3O. The molecule has 0 aromatic carbocycles. The van der Waals surface area contributed by atoms with E-state index in [2.05, 4.69) is 30.7 Å². The summed E-state index contributed by atoms with van der Waals surface area (Å²) in [7, 11) is 0. The van der Waals surface area contributed by atoms with Crippen LogP contribution in [0.2, 0.25) is 0 Å². The summed E-state index contributed by atoms with van der Waals surface area (Å²) in [6.07, 6.45) is 7.47. The topological polar surface area (TPSA) is 59.2 Å². The zero-order valence-electron chi connectivity index (χ0n) is 13.1. The van der Waals surface area contributed by atoms with Crippen molar-refractivity contribution in [2.75, 3.05) is 19.6 Å². The lowest BCUT2D eigenvalue weighted by Gasteiger charge is -2.22. The number of nitrogens with zero attached hydrogens (tertiary/aromatic N) is 2. The maximum absolute atomic E-state index is 12.6. The Morgan fingerprint density at radius 1 is 1.24 bits per heavy atom. The number of hydrogen-bond donors (Lipinski definition) is 1. The lowest BCUT2D eigenvalue weighted by atomic mass is 10.1. The van der Waals surface area contributed by atoms with E-state index < -0.39 is 0 Å².